The Labute approximate surface area is 283 Å². The van der Waals surface area contributed by atoms with Gasteiger partial charge in [-0.15, -0.1) is 0 Å². The first kappa shape index (κ1) is 33.5. The summed E-state index contributed by atoms with van der Waals surface area (Å²) in [4.78, 5) is 33.0. The van der Waals surface area contributed by atoms with E-state index in [2.05, 4.69) is 15.9 Å². The van der Waals surface area contributed by atoms with E-state index in [1.807, 2.05) is 55.5 Å². The molecule has 12 heteroatoms. The number of allylic oxidation sites excluding steroid dienone is 1. The lowest BCUT2D eigenvalue weighted by atomic mass is 9.94. The summed E-state index contributed by atoms with van der Waals surface area (Å²) < 4.78 is 31.1. The Bertz CT molecular complexity index is 1970. The van der Waals surface area contributed by atoms with E-state index in [0.717, 1.165) is 10.0 Å². The number of esters is 1. The van der Waals surface area contributed by atoms with Gasteiger partial charge in [-0.3, -0.25) is 9.36 Å². The molecule has 0 bridgehead atoms. The molecule has 0 unspecified atom stereocenters. The van der Waals surface area contributed by atoms with Gasteiger partial charge in [0.2, 0.25) is 0 Å². The van der Waals surface area contributed by atoms with Crippen LogP contribution in [0.4, 0.5) is 0 Å². The molecule has 0 radical (unpaired) electrons. The molecular formula is C34H32BrClN2O7S. The molecule has 1 aromatic heterocycles. The van der Waals surface area contributed by atoms with Crippen molar-refractivity contribution in [3.05, 3.63) is 118 Å². The van der Waals surface area contributed by atoms with E-state index >= 15 is 0 Å². The number of nitrogens with zero attached hydrogens (tertiary/aromatic N) is 2. The smallest absolute Gasteiger partial charge is 0.338 e. The van der Waals surface area contributed by atoms with Crippen molar-refractivity contribution in [3.8, 4) is 17.2 Å². The van der Waals surface area contributed by atoms with Gasteiger partial charge in [0, 0.05) is 33.3 Å². The van der Waals surface area contributed by atoms with Gasteiger partial charge in [-0.1, -0.05) is 69.2 Å². The summed E-state index contributed by atoms with van der Waals surface area (Å²) in [6.45, 7) is 4.43. The van der Waals surface area contributed by atoms with Gasteiger partial charge in [0.25, 0.3) is 5.56 Å². The van der Waals surface area contributed by atoms with E-state index in [1.54, 1.807) is 25.1 Å². The van der Waals surface area contributed by atoms with E-state index in [-0.39, 0.29) is 31.0 Å². The van der Waals surface area contributed by atoms with Gasteiger partial charge in [0.1, 0.15) is 25.0 Å². The van der Waals surface area contributed by atoms with Gasteiger partial charge < -0.3 is 23.7 Å². The molecule has 0 N–H and O–H groups in total. The molecule has 0 amide bonds. The number of para-hydroxylation sites is 1. The molecule has 1 aliphatic rings. The first-order chi connectivity index (χ1) is 22.3. The van der Waals surface area contributed by atoms with Crippen LogP contribution in [-0.4, -0.2) is 44.6 Å². The van der Waals surface area contributed by atoms with Crippen molar-refractivity contribution in [1.82, 2.24) is 4.57 Å². The maximum absolute atomic E-state index is 14.3. The number of hydrogen-bond donors (Lipinski definition) is 0. The molecule has 0 fully saturated rings. The third kappa shape index (κ3) is 7.07. The van der Waals surface area contributed by atoms with Crippen molar-refractivity contribution in [2.75, 3.05) is 34.0 Å². The number of fused-ring (bicyclic) bond motifs is 1. The highest BCUT2D eigenvalue weighted by Crippen LogP contribution is 2.41. The Balaban J connectivity index is 1.66. The van der Waals surface area contributed by atoms with Crippen molar-refractivity contribution in [2.24, 2.45) is 4.99 Å². The van der Waals surface area contributed by atoms with Crippen LogP contribution in [0.15, 0.2) is 86.2 Å². The zero-order valence-electron chi connectivity index (χ0n) is 25.7. The minimum atomic E-state index is -0.899. The fraction of sp³-hybridized carbons (Fsp3) is 0.265. The average Bonchev–Trinajstić information content (AvgIpc) is 3.34. The molecule has 46 heavy (non-hydrogen) atoms. The van der Waals surface area contributed by atoms with Crippen molar-refractivity contribution in [3.63, 3.8) is 0 Å². The summed E-state index contributed by atoms with van der Waals surface area (Å²) in [5.41, 5.74) is 2.38. The number of hydrogen-bond acceptors (Lipinski definition) is 9. The molecule has 3 aromatic carbocycles. The topological polar surface area (TPSA) is 97.6 Å². The fourth-order valence-electron chi connectivity index (χ4n) is 5.06. The lowest BCUT2D eigenvalue weighted by Crippen LogP contribution is -2.40. The maximum atomic E-state index is 14.3. The van der Waals surface area contributed by atoms with E-state index < -0.39 is 12.0 Å². The zero-order chi connectivity index (χ0) is 32.8. The molecule has 0 saturated carbocycles. The van der Waals surface area contributed by atoms with Crippen molar-refractivity contribution in [2.45, 2.75) is 26.5 Å². The number of ether oxygens (including phenoxy) is 5. The van der Waals surface area contributed by atoms with Crippen LogP contribution in [0.25, 0.3) is 6.08 Å². The van der Waals surface area contributed by atoms with Crippen molar-refractivity contribution >= 4 is 50.9 Å². The monoisotopic (exact) mass is 726 g/mol. The maximum Gasteiger partial charge on any atom is 0.338 e. The summed E-state index contributed by atoms with van der Waals surface area (Å²) in [5.74, 6) is 0.851. The van der Waals surface area contributed by atoms with Crippen LogP contribution >= 0.6 is 38.9 Å². The van der Waals surface area contributed by atoms with Crippen LogP contribution in [0.1, 0.15) is 36.6 Å². The summed E-state index contributed by atoms with van der Waals surface area (Å²) in [7, 11) is 3.06. The number of carbonyl (C=O) groups excluding carboxylic acids is 1. The average molecular weight is 728 g/mol. The highest BCUT2D eigenvalue weighted by molar-refractivity contribution is 9.10. The van der Waals surface area contributed by atoms with E-state index in [4.69, 9.17) is 40.3 Å². The van der Waals surface area contributed by atoms with Gasteiger partial charge in [-0.05, 0) is 50.3 Å². The molecule has 0 aliphatic carbocycles. The van der Waals surface area contributed by atoms with Crippen LogP contribution in [0.5, 0.6) is 17.2 Å². The lowest BCUT2D eigenvalue weighted by Gasteiger charge is -2.27. The molecular weight excluding hydrogens is 696 g/mol. The summed E-state index contributed by atoms with van der Waals surface area (Å²) in [6.07, 6.45) is 1.76. The SMILES string of the molecule is CCOc1c(OC)cccc1[C@H]1C(C(=O)OCCOC)=C(C)N=c2s/c(=C/c3cc(Br)ccc3OCc3ccccc3Cl)c(=O)n21. The predicted molar refractivity (Wildman–Crippen MR) is 181 cm³/mol. The van der Waals surface area contributed by atoms with Crippen LogP contribution in [0.2, 0.25) is 5.02 Å². The van der Waals surface area contributed by atoms with Crippen molar-refractivity contribution < 1.29 is 28.5 Å². The van der Waals surface area contributed by atoms with Gasteiger partial charge in [0.05, 0.1) is 36.1 Å². The first-order valence-corrected chi connectivity index (χ1v) is 16.4. The highest BCUT2D eigenvalue weighted by Gasteiger charge is 2.36. The summed E-state index contributed by atoms with van der Waals surface area (Å²) in [5, 5.41) is 0.602. The Morgan fingerprint density at radius 3 is 2.61 bits per heavy atom. The summed E-state index contributed by atoms with van der Waals surface area (Å²) >= 11 is 11.1. The third-order valence-corrected chi connectivity index (χ3v) is 9.02. The normalized spacial score (nSPS) is 14.5. The number of thiazole rings is 1. The van der Waals surface area contributed by atoms with Gasteiger partial charge in [0.15, 0.2) is 16.3 Å². The second kappa shape index (κ2) is 15.1. The number of halogens is 2. The fourth-order valence-corrected chi connectivity index (χ4v) is 6.66. The summed E-state index contributed by atoms with van der Waals surface area (Å²) in [6, 6.07) is 17.5. The quantitative estimate of drug-likeness (QED) is 0.134. The van der Waals surface area contributed by atoms with Gasteiger partial charge >= 0.3 is 5.97 Å². The number of benzene rings is 3. The minimum Gasteiger partial charge on any atom is -0.493 e. The Kier molecular flexibility index (Phi) is 11.0. The predicted octanol–water partition coefficient (Wildman–Crippen LogP) is 5.83. The van der Waals surface area contributed by atoms with Crippen molar-refractivity contribution in [1.29, 1.82) is 0 Å². The van der Waals surface area contributed by atoms with E-state index in [1.165, 1.54) is 30.1 Å². The Morgan fingerprint density at radius 2 is 1.87 bits per heavy atom. The Hall–Kier alpha value is -3.90. The molecule has 4 aromatic rings. The zero-order valence-corrected chi connectivity index (χ0v) is 28.8. The number of carbonyl (C=O) groups is 1. The standard InChI is InChI=1S/C34H32BrClN2O7S/c1-5-43-31-24(10-8-12-27(31)42-4)30-29(33(40)44-16-15-41-3)20(2)37-34-38(30)32(39)28(46-34)18-22-17-23(35)13-14-26(22)45-19-21-9-6-7-11-25(21)36/h6-14,17-18,30H,5,15-16,19H2,1-4H3/b28-18+/t30-/m0/s1. The lowest BCUT2D eigenvalue weighted by molar-refractivity contribution is -0.140. The number of methoxy groups -OCH3 is 2. The molecule has 240 valence electrons. The molecule has 0 spiro atoms. The Morgan fingerprint density at radius 1 is 1.07 bits per heavy atom. The van der Waals surface area contributed by atoms with Crippen LogP contribution in [0.3, 0.4) is 0 Å². The molecule has 1 atom stereocenters. The number of rotatable bonds is 12. The van der Waals surface area contributed by atoms with Crippen LogP contribution in [0, 0.1) is 0 Å². The molecule has 2 heterocycles. The first-order valence-electron chi connectivity index (χ1n) is 14.4. The van der Waals surface area contributed by atoms with E-state index in [9.17, 15) is 9.59 Å². The molecule has 1 aliphatic heterocycles. The molecule has 9 nitrogen and oxygen atoms in total. The number of aromatic nitrogens is 1. The largest absolute Gasteiger partial charge is 0.493 e. The second-order valence-corrected chi connectivity index (χ2v) is 12.4. The molecule has 0 saturated heterocycles. The minimum absolute atomic E-state index is 0.0412. The van der Waals surface area contributed by atoms with Crippen LogP contribution in [-0.2, 0) is 20.9 Å². The highest BCUT2D eigenvalue weighted by atomic mass is 79.9. The molecule has 5 rings (SSSR count). The van der Waals surface area contributed by atoms with E-state index in [0.29, 0.717) is 55.0 Å². The third-order valence-electron chi connectivity index (χ3n) is 7.17. The van der Waals surface area contributed by atoms with Gasteiger partial charge in [-0.25, -0.2) is 9.79 Å². The second-order valence-electron chi connectivity index (χ2n) is 10.1. The van der Waals surface area contributed by atoms with Crippen LogP contribution < -0.4 is 29.1 Å². The van der Waals surface area contributed by atoms with Gasteiger partial charge in [-0.2, -0.15) is 0 Å².